The number of fused-ring (bicyclic) bond motifs is 1. The van der Waals surface area contributed by atoms with Crippen LogP contribution in [0.5, 0.6) is 0 Å². The molecule has 1 aromatic rings. The predicted molar refractivity (Wildman–Crippen MR) is 72.0 cm³/mol. The van der Waals surface area contributed by atoms with Gasteiger partial charge in [-0.15, -0.1) is 11.3 Å². The first-order valence-corrected chi connectivity index (χ1v) is 8.79. The van der Waals surface area contributed by atoms with Crippen LogP contribution in [0, 0.1) is 5.92 Å². The van der Waals surface area contributed by atoms with Gasteiger partial charge >= 0.3 is 0 Å². The molecule has 8 heteroatoms. The molecule has 100 valence electrons. The first kappa shape index (κ1) is 13.0. The predicted octanol–water partition coefficient (Wildman–Crippen LogP) is 0.903. The smallest absolute Gasteiger partial charge is 0.251 e. The molecule has 3 rings (SSSR count). The van der Waals surface area contributed by atoms with Gasteiger partial charge in [0, 0.05) is 23.0 Å². The van der Waals surface area contributed by atoms with Crippen molar-refractivity contribution in [1.29, 1.82) is 0 Å². The quantitative estimate of drug-likeness (QED) is 0.846. The Kier molecular flexibility index (Phi) is 3.28. The fourth-order valence-electron chi connectivity index (χ4n) is 2.60. The number of rotatable bonds is 3. The fourth-order valence-corrected chi connectivity index (χ4v) is 6.23. The average Bonchev–Trinajstić information content (AvgIpc) is 2.92. The minimum Gasteiger partial charge on any atom is -0.376 e. The Bertz CT molecular complexity index is 559. The van der Waals surface area contributed by atoms with Crippen LogP contribution in [0.2, 0.25) is 0 Å². The molecule has 0 amide bonds. The molecule has 18 heavy (non-hydrogen) atoms. The van der Waals surface area contributed by atoms with Crippen LogP contribution in [0.25, 0.3) is 0 Å². The van der Waals surface area contributed by atoms with Crippen molar-refractivity contribution in [2.75, 3.05) is 6.61 Å². The maximum Gasteiger partial charge on any atom is 0.251 e. The van der Waals surface area contributed by atoms with Gasteiger partial charge < -0.3 is 10.5 Å². The molecular weight excluding hydrogens is 340 g/mol. The zero-order valence-electron chi connectivity index (χ0n) is 9.37. The van der Waals surface area contributed by atoms with E-state index in [0.29, 0.717) is 17.0 Å². The van der Waals surface area contributed by atoms with Crippen LogP contribution in [0.15, 0.2) is 20.1 Å². The van der Waals surface area contributed by atoms with Gasteiger partial charge in [0.05, 0.1) is 12.1 Å². The average molecular weight is 353 g/mol. The van der Waals surface area contributed by atoms with Crippen molar-refractivity contribution in [3.8, 4) is 0 Å². The summed E-state index contributed by atoms with van der Waals surface area (Å²) in [4.78, 5) is 0. The van der Waals surface area contributed by atoms with Gasteiger partial charge in [-0.1, -0.05) is 0 Å². The van der Waals surface area contributed by atoms with Crippen molar-refractivity contribution in [2.45, 2.75) is 28.8 Å². The number of sulfonamides is 1. The lowest BCUT2D eigenvalue weighted by Gasteiger charge is -2.45. The van der Waals surface area contributed by atoms with E-state index in [1.165, 1.54) is 11.3 Å². The molecule has 0 spiro atoms. The zero-order chi connectivity index (χ0) is 12.9. The first-order valence-electron chi connectivity index (χ1n) is 5.63. The molecule has 5 nitrogen and oxygen atoms in total. The van der Waals surface area contributed by atoms with Crippen LogP contribution in [0.1, 0.15) is 6.42 Å². The normalized spacial score (nSPS) is 35.2. The van der Waals surface area contributed by atoms with E-state index in [-0.39, 0.29) is 22.4 Å². The van der Waals surface area contributed by atoms with Crippen molar-refractivity contribution in [3.63, 3.8) is 0 Å². The van der Waals surface area contributed by atoms with Crippen molar-refractivity contribution >= 4 is 37.3 Å². The second-order valence-corrected chi connectivity index (χ2v) is 8.25. The van der Waals surface area contributed by atoms with E-state index in [9.17, 15) is 8.42 Å². The van der Waals surface area contributed by atoms with E-state index in [4.69, 9.17) is 10.5 Å². The van der Waals surface area contributed by atoms with E-state index < -0.39 is 10.0 Å². The summed E-state index contributed by atoms with van der Waals surface area (Å²) in [7, 11) is -3.52. The molecule has 0 bridgehead atoms. The molecule has 1 aliphatic heterocycles. The Labute approximate surface area is 118 Å². The number of nitrogens with one attached hydrogen (secondary N) is 1. The Balaban J connectivity index is 1.79. The maximum absolute atomic E-state index is 12.2. The lowest BCUT2D eigenvalue weighted by atomic mass is 9.73. The molecule has 2 aliphatic rings. The third kappa shape index (κ3) is 1.95. The molecule has 1 saturated heterocycles. The minimum atomic E-state index is -3.52. The lowest BCUT2D eigenvalue weighted by Crippen LogP contribution is -2.68. The second kappa shape index (κ2) is 4.53. The number of hydrogen-bond acceptors (Lipinski definition) is 5. The lowest BCUT2D eigenvalue weighted by molar-refractivity contribution is -0.00922. The van der Waals surface area contributed by atoms with E-state index >= 15 is 0 Å². The highest BCUT2D eigenvalue weighted by Gasteiger charge is 2.53. The largest absolute Gasteiger partial charge is 0.376 e. The van der Waals surface area contributed by atoms with Gasteiger partial charge in [-0.25, -0.2) is 13.1 Å². The number of thiophene rings is 1. The Hall–Kier alpha value is 0.01000. The third-order valence-corrected chi connectivity index (χ3v) is 7.70. The van der Waals surface area contributed by atoms with Crippen LogP contribution >= 0.6 is 27.3 Å². The summed E-state index contributed by atoms with van der Waals surface area (Å²) in [5.41, 5.74) is 5.99. The second-order valence-electron chi connectivity index (χ2n) is 4.57. The summed E-state index contributed by atoms with van der Waals surface area (Å²) in [5.74, 6) is 0.296. The van der Waals surface area contributed by atoms with E-state index in [1.54, 1.807) is 11.4 Å². The molecule has 1 aromatic heterocycles. The van der Waals surface area contributed by atoms with Crippen LogP contribution in [0.3, 0.4) is 0 Å². The van der Waals surface area contributed by atoms with Crippen LogP contribution < -0.4 is 10.5 Å². The molecule has 2 fully saturated rings. The maximum atomic E-state index is 12.2. The van der Waals surface area contributed by atoms with Gasteiger partial charge in [0.25, 0.3) is 10.0 Å². The molecule has 4 unspecified atom stereocenters. The van der Waals surface area contributed by atoms with Gasteiger partial charge in [0.15, 0.2) is 0 Å². The Morgan fingerprint density at radius 3 is 3.00 bits per heavy atom. The topological polar surface area (TPSA) is 81.4 Å². The van der Waals surface area contributed by atoms with Gasteiger partial charge in [-0.05, 0) is 33.8 Å². The summed E-state index contributed by atoms with van der Waals surface area (Å²) >= 11 is 4.41. The summed E-state index contributed by atoms with van der Waals surface area (Å²) in [6.45, 7) is 0.671. The summed E-state index contributed by atoms with van der Waals surface area (Å²) < 4.78 is 33.5. The standard InChI is InChI=1S/C10H13BrN2O3S2/c11-6-2-4-17-10(6)18(14,15)13-8-7(12)5-1-3-16-9(5)8/h2,4-5,7-9,13H,1,3,12H2. The van der Waals surface area contributed by atoms with Crippen molar-refractivity contribution in [3.05, 3.63) is 15.9 Å². The molecule has 1 saturated carbocycles. The van der Waals surface area contributed by atoms with E-state index in [2.05, 4.69) is 20.7 Å². The van der Waals surface area contributed by atoms with Crippen LogP contribution in [-0.4, -0.2) is 33.2 Å². The van der Waals surface area contributed by atoms with Crippen molar-refractivity contribution in [1.82, 2.24) is 4.72 Å². The summed E-state index contributed by atoms with van der Waals surface area (Å²) in [5, 5.41) is 1.73. The first-order chi connectivity index (χ1) is 8.50. The zero-order valence-corrected chi connectivity index (χ0v) is 12.6. The molecule has 3 N–H and O–H groups in total. The molecule has 2 heterocycles. The SMILES string of the molecule is NC1C2CCOC2C1NS(=O)(=O)c1sccc1Br. The van der Waals surface area contributed by atoms with Gasteiger partial charge in [-0.2, -0.15) is 0 Å². The Morgan fingerprint density at radius 1 is 1.56 bits per heavy atom. The van der Waals surface area contributed by atoms with Crippen LogP contribution in [-0.2, 0) is 14.8 Å². The molecule has 0 radical (unpaired) electrons. The monoisotopic (exact) mass is 352 g/mol. The van der Waals surface area contributed by atoms with E-state index in [1.807, 2.05) is 0 Å². The summed E-state index contributed by atoms with van der Waals surface area (Å²) in [6, 6.07) is 1.26. The molecular formula is C10H13BrN2O3S2. The number of ether oxygens (including phenoxy) is 1. The van der Waals surface area contributed by atoms with E-state index in [0.717, 1.165) is 6.42 Å². The Morgan fingerprint density at radius 2 is 2.33 bits per heavy atom. The minimum absolute atomic E-state index is 0.0616. The molecule has 1 aliphatic carbocycles. The van der Waals surface area contributed by atoms with Gasteiger partial charge in [-0.3, -0.25) is 0 Å². The van der Waals surface area contributed by atoms with Gasteiger partial charge in [0.2, 0.25) is 0 Å². The highest BCUT2D eigenvalue weighted by molar-refractivity contribution is 9.10. The van der Waals surface area contributed by atoms with Crippen molar-refractivity contribution in [2.24, 2.45) is 11.7 Å². The number of halogens is 1. The number of hydrogen-bond donors (Lipinski definition) is 2. The third-order valence-electron chi connectivity index (χ3n) is 3.57. The fraction of sp³-hybridized carbons (Fsp3) is 0.600. The highest BCUT2D eigenvalue weighted by Crippen LogP contribution is 2.39. The highest BCUT2D eigenvalue weighted by atomic mass is 79.9. The molecule has 4 atom stereocenters. The summed E-state index contributed by atoms with van der Waals surface area (Å²) in [6.07, 6.45) is 0.862. The molecule has 0 aromatic carbocycles. The van der Waals surface area contributed by atoms with Crippen LogP contribution in [0.4, 0.5) is 0 Å². The number of nitrogens with two attached hydrogens (primary N) is 1. The van der Waals surface area contributed by atoms with Crippen molar-refractivity contribution < 1.29 is 13.2 Å². The van der Waals surface area contributed by atoms with Gasteiger partial charge in [0.1, 0.15) is 4.21 Å².